The molecule has 15 heavy (non-hydrogen) atoms. The first-order valence-corrected chi connectivity index (χ1v) is 5.48. The van der Waals surface area contributed by atoms with Gasteiger partial charge in [-0.05, 0) is 25.7 Å². The smallest absolute Gasteiger partial charge is 0.242 e. The van der Waals surface area contributed by atoms with Gasteiger partial charge in [0.15, 0.2) is 0 Å². The zero-order valence-electron chi connectivity index (χ0n) is 10.1. The summed E-state index contributed by atoms with van der Waals surface area (Å²) in [6.07, 6.45) is 2.09. The van der Waals surface area contributed by atoms with Crippen LogP contribution < -0.4 is 10.6 Å². The summed E-state index contributed by atoms with van der Waals surface area (Å²) in [5, 5.41) is 5.33. The van der Waals surface area contributed by atoms with Crippen LogP contribution in [0.4, 0.5) is 0 Å². The Balaban J connectivity index is 3.60. The maximum absolute atomic E-state index is 11.4. The average Bonchev–Trinajstić information content (AvgIpc) is 2.10. The predicted octanol–water partition coefficient (Wildman–Crippen LogP) is 1.06. The molecule has 4 heteroatoms. The molecule has 0 rings (SSSR count). The van der Waals surface area contributed by atoms with E-state index in [1.165, 1.54) is 6.92 Å². The second-order valence-electron chi connectivity index (χ2n) is 4.25. The SMILES string of the molecule is CC(=O)NC(C)C(=O)NCCCC(C)C. The van der Waals surface area contributed by atoms with Crippen molar-refractivity contribution in [1.29, 1.82) is 0 Å². The molecule has 0 aliphatic carbocycles. The summed E-state index contributed by atoms with van der Waals surface area (Å²) in [4.78, 5) is 22.1. The van der Waals surface area contributed by atoms with Crippen molar-refractivity contribution >= 4 is 11.8 Å². The molecular weight excluding hydrogens is 192 g/mol. The molecule has 1 unspecified atom stereocenters. The van der Waals surface area contributed by atoms with Crippen LogP contribution in [0.1, 0.15) is 40.5 Å². The zero-order chi connectivity index (χ0) is 11.8. The van der Waals surface area contributed by atoms with Gasteiger partial charge in [-0.1, -0.05) is 13.8 Å². The van der Waals surface area contributed by atoms with E-state index in [1.54, 1.807) is 6.92 Å². The van der Waals surface area contributed by atoms with Crippen LogP contribution in [0.5, 0.6) is 0 Å². The molecule has 0 saturated heterocycles. The van der Waals surface area contributed by atoms with E-state index in [0.29, 0.717) is 12.5 Å². The molecule has 0 aliphatic rings. The molecule has 0 bridgehead atoms. The summed E-state index contributed by atoms with van der Waals surface area (Å²) in [5.41, 5.74) is 0. The molecule has 88 valence electrons. The van der Waals surface area contributed by atoms with Gasteiger partial charge in [-0.25, -0.2) is 0 Å². The third-order valence-corrected chi connectivity index (χ3v) is 2.07. The van der Waals surface area contributed by atoms with Crippen molar-refractivity contribution in [2.75, 3.05) is 6.54 Å². The number of nitrogens with one attached hydrogen (secondary N) is 2. The summed E-state index contributed by atoms with van der Waals surface area (Å²) in [6.45, 7) is 8.08. The topological polar surface area (TPSA) is 58.2 Å². The van der Waals surface area contributed by atoms with Crippen molar-refractivity contribution in [1.82, 2.24) is 10.6 Å². The van der Waals surface area contributed by atoms with Crippen LogP contribution >= 0.6 is 0 Å². The van der Waals surface area contributed by atoms with Gasteiger partial charge < -0.3 is 10.6 Å². The first-order valence-electron chi connectivity index (χ1n) is 5.48. The van der Waals surface area contributed by atoms with Crippen LogP contribution in [0, 0.1) is 5.92 Å². The Kier molecular flexibility index (Phi) is 6.75. The highest BCUT2D eigenvalue weighted by molar-refractivity contribution is 5.86. The Morgan fingerprint density at radius 1 is 1.20 bits per heavy atom. The Morgan fingerprint density at radius 3 is 2.27 bits per heavy atom. The number of amides is 2. The molecule has 1 atom stereocenters. The number of carbonyl (C=O) groups is 2. The van der Waals surface area contributed by atoms with Gasteiger partial charge in [-0.15, -0.1) is 0 Å². The molecule has 0 aromatic rings. The lowest BCUT2D eigenvalue weighted by molar-refractivity contribution is -0.127. The molecule has 0 fully saturated rings. The highest BCUT2D eigenvalue weighted by Crippen LogP contribution is 2.01. The molecule has 0 saturated carbocycles. The van der Waals surface area contributed by atoms with Crippen LogP contribution in [0.2, 0.25) is 0 Å². The van der Waals surface area contributed by atoms with E-state index in [0.717, 1.165) is 12.8 Å². The Morgan fingerprint density at radius 2 is 1.80 bits per heavy atom. The van der Waals surface area contributed by atoms with Crippen molar-refractivity contribution in [2.24, 2.45) is 5.92 Å². The van der Waals surface area contributed by atoms with Crippen molar-refractivity contribution in [3.63, 3.8) is 0 Å². The number of rotatable bonds is 6. The second kappa shape index (κ2) is 7.26. The summed E-state index contributed by atoms with van der Waals surface area (Å²) >= 11 is 0. The fraction of sp³-hybridized carbons (Fsp3) is 0.818. The Bertz CT molecular complexity index is 215. The van der Waals surface area contributed by atoms with Gasteiger partial charge in [0, 0.05) is 13.5 Å². The fourth-order valence-corrected chi connectivity index (χ4v) is 1.25. The molecule has 0 heterocycles. The van der Waals surface area contributed by atoms with E-state index in [2.05, 4.69) is 24.5 Å². The van der Waals surface area contributed by atoms with E-state index in [9.17, 15) is 9.59 Å². The molecule has 0 aromatic heterocycles. The summed E-state index contributed by atoms with van der Waals surface area (Å²) in [5.74, 6) is 0.364. The summed E-state index contributed by atoms with van der Waals surface area (Å²) < 4.78 is 0. The average molecular weight is 214 g/mol. The van der Waals surface area contributed by atoms with Gasteiger partial charge in [-0.3, -0.25) is 9.59 Å². The van der Waals surface area contributed by atoms with Crippen LogP contribution in [-0.4, -0.2) is 24.4 Å². The van der Waals surface area contributed by atoms with Crippen molar-refractivity contribution in [2.45, 2.75) is 46.6 Å². The number of carbonyl (C=O) groups excluding carboxylic acids is 2. The van der Waals surface area contributed by atoms with Crippen LogP contribution in [-0.2, 0) is 9.59 Å². The minimum Gasteiger partial charge on any atom is -0.354 e. The van der Waals surface area contributed by atoms with Crippen molar-refractivity contribution in [3.05, 3.63) is 0 Å². The highest BCUT2D eigenvalue weighted by atomic mass is 16.2. The lowest BCUT2D eigenvalue weighted by Crippen LogP contribution is -2.44. The number of hydrogen-bond acceptors (Lipinski definition) is 2. The van der Waals surface area contributed by atoms with Gasteiger partial charge in [0.1, 0.15) is 6.04 Å². The third-order valence-electron chi connectivity index (χ3n) is 2.07. The standard InChI is InChI=1S/C11H22N2O2/c1-8(2)6-5-7-12-11(15)9(3)13-10(4)14/h8-9H,5-7H2,1-4H3,(H,12,15)(H,13,14). The maximum Gasteiger partial charge on any atom is 0.242 e. The minimum absolute atomic E-state index is 0.117. The van der Waals surface area contributed by atoms with Crippen LogP contribution in [0.3, 0.4) is 0 Å². The van der Waals surface area contributed by atoms with Crippen molar-refractivity contribution < 1.29 is 9.59 Å². The summed E-state index contributed by atoms with van der Waals surface area (Å²) in [6, 6.07) is -0.443. The molecular formula is C11H22N2O2. The molecule has 0 radical (unpaired) electrons. The van der Waals surface area contributed by atoms with Crippen molar-refractivity contribution in [3.8, 4) is 0 Å². The largest absolute Gasteiger partial charge is 0.354 e. The minimum atomic E-state index is -0.443. The Labute approximate surface area is 91.8 Å². The Hall–Kier alpha value is -1.06. The lowest BCUT2D eigenvalue weighted by atomic mass is 10.1. The predicted molar refractivity (Wildman–Crippen MR) is 60.4 cm³/mol. The summed E-state index contributed by atoms with van der Waals surface area (Å²) in [7, 11) is 0. The van der Waals surface area contributed by atoms with Gasteiger partial charge in [0.05, 0.1) is 0 Å². The molecule has 4 nitrogen and oxygen atoms in total. The molecule has 0 spiro atoms. The maximum atomic E-state index is 11.4. The van der Waals surface area contributed by atoms with Gasteiger partial charge in [0.2, 0.25) is 11.8 Å². The molecule has 2 amide bonds. The van der Waals surface area contributed by atoms with E-state index in [4.69, 9.17) is 0 Å². The van der Waals surface area contributed by atoms with Crippen LogP contribution in [0.15, 0.2) is 0 Å². The molecule has 2 N–H and O–H groups in total. The normalized spacial score (nSPS) is 12.3. The second-order valence-corrected chi connectivity index (χ2v) is 4.25. The lowest BCUT2D eigenvalue weighted by Gasteiger charge is -2.13. The molecule has 0 aliphatic heterocycles. The fourth-order valence-electron chi connectivity index (χ4n) is 1.25. The number of hydrogen-bond donors (Lipinski definition) is 2. The van der Waals surface area contributed by atoms with Gasteiger partial charge >= 0.3 is 0 Å². The van der Waals surface area contributed by atoms with E-state index in [-0.39, 0.29) is 11.8 Å². The van der Waals surface area contributed by atoms with Gasteiger partial charge in [-0.2, -0.15) is 0 Å². The monoisotopic (exact) mass is 214 g/mol. The first kappa shape index (κ1) is 13.9. The van der Waals surface area contributed by atoms with Crippen LogP contribution in [0.25, 0.3) is 0 Å². The third kappa shape index (κ3) is 7.97. The first-order chi connectivity index (χ1) is 6.93. The quantitative estimate of drug-likeness (QED) is 0.650. The molecule has 0 aromatic carbocycles. The van der Waals surface area contributed by atoms with E-state index in [1.807, 2.05) is 0 Å². The highest BCUT2D eigenvalue weighted by Gasteiger charge is 2.12. The van der Waals surface area contributed by atoms with E-state index >= 15 is 0 Å². The zero-order valence-corrected chi connectivity index (χ0v) is 10.1. The van der Waals surface area contributed by atoms with E-state index < -0.39 is 6.04 Å². The van der Waals surface area contributed by atoms with Gasteiger partial charge in [0.25, 0.3) is 0 Å².